The number of sulfonamides is 1. The Morgan fingerprint density at radius 3 is 2.67 bits per heavy atom. The summed E-state index contributed by atoms with van der Waals surface area (Å²) in [4.78, 5) is 26.3. The van der Waals surface area contributed by atoms with E-state index in [0.717, 1.165) is 18.4 Å². The first-order chi connectivity index (χ1) is 12.7. The molecule has 27 heavy (non-hydrogen) atoms. The van der Waals surface area contributed by atoms with Gasteiger partial charge in [0.25, 0.3) is 5.91 Å². The van der Waals surface area contributed by atoms with Crippen LogP contribution in [0.4, 0.5) is 5.69 Å². The van der Waals surface area contributed by atoms with Crippen molar-refractivity contribution in [3.8, 4) is 0 Å². The van der Waals surface area contributed by atoms with Crippen molar-refractivity contribution in [1.29, 1.82) is 0 Å². The van der Waals surface area contributed by atoms with Gasteiger partial charge in [0.1, 0.15) is 0 Å². The Morgan fingerprint density at radius 1 is 1.26 bits per heavy atom. The molecule has 0 radical (unpaired) electrons. The Hall–Kier alpha value is -2.09. The predicted octanol–water partition coefficient (Wildman–Crippen LogP) is 1.81. The highest BCUT2D eigenvalue weighted by Crippen LogP contribution is 2.34. The number of hydrogen-bond acceptors (Lipinski definition) is 5. The van der Waals surface area contributed by atoms with Crippen LogP contribution in [0.2, 0.25) is 0 Å². The molecular weight excluding hydrogens is 368 g/mol. The average Bonchev–Trinajstić information content (AvgIpc) is 2.94. The number of fused-ring (bicyclic) bond motifs is 1. The van der Waals surface area contributed by atoms with Gasteiger partial charge in [-0.25, -0.2) is 13.2 Å². The molecule has 2 heterocycles. The zero-order valence-corrected chi connectivity index (χ0v) is 16.8. The number of esters is 1. The van der Waals surface area contributed by atoms with Crippen LogP contribution in [0.15, 0.2) is 18.2 Å². The molecule has 1 amide bonds. The van der Waals surface area contributed by atoms with Gasteiger partial charge in [0.2, 0.25) is 10.0 Å². The first kappa shape index (κ1) is 19.7. The van der Waals surface area contributed by atoms with Crippen LogP contribution in [-0.4, -0.2) is 57.2 Å². The minimum atomic E-state index is -3.37. The zero-order chi connectivity index (χ0) is 19.8. The molecule has 0 aromatic heterocycles. The van der Waals surface area contributed by atoms with Crippen LogP contribution < -0.4 is 4.31 Å². The highest BCUT2D eigenvalue weighted by atomic mass is 32.2. The molecule has 3 rings (SSSR count). The summed E-state index contributed by atoms with van der Waals surface area (Å²) in [7, 11) is -3.37. The maximum Gasteiger partial charge on any atom is 0.338 e. The van der Waals surface area contributed by atoms with E-state index in [4.69, 9.17) is 4.74 Å². The van der Waals surface area contributed by atoms with Crippen molar-refractivity contribution in [2.45, 2.75) is 39.2 Å². The quantitative estimate of drug-likeness (QED) is 0.728. The van der Waals surface area contributed by atoms with Crippen LogP contribution in [-0.2, 0) is 26.0 Å². The standard InChI is InChI=1S/C19H26N2O5S/c1-13-5-4-8-20(11-13)18(22)12-26-19(23)15-6-7-17-16(10-15)9-14(2)21(17)27(3,24)25/h6-7,10,13-14H,4-5,8-9,11-12H2,1-3H3/t13-,14+/m0/s1. The van der Waals surface area contributed by atoms with E-state index in [2.05, 4.69) is 6.92 Å². The minimum absolute atomic E-state index is 0.173. The normalized spacial score (nSPS) is 22.5. The van der Waals surface area contributed by atoms with Crippen molar-refractivity contribution in [3.63, 3.8) is 0 Å². The van der Waals surface area contributed by atoms with Crippen LogP contribution in [0.3, 0.4) is 0 Å². The lowest BCUT2D eigenvalue weighted by Gasteiger charge is -2.30. The molecule has 2 aliphatic heterocycles. The number of amides is 1. The zero-order valence-electron chi connectivity index (χ0n) is 16.0. The van der Waals surface area contributed by atoms with Crippen molar-refractivity contribution >= 4 is 27.6 Å². The molecule has 0 unspecified atom stereocenters. The molecule has 0 aliphatic carbocycles. The van der Waals surface area contributed by atoms with E-state index in [0.29, 0.717) is 36.7 Å². The summed E-state index contributed by atoms with van der Waals surface area (Å²) in [5, 5.41) is 0. The number of hydrogen-bond donors (Lipinski definition) is 0. The van der Waals surface area contributed by atoms with Crippen molar-refractivity contribution in [3.05, 3.63) is 29.3 Å². The summed E-state index contributed by atoms with van der Waals surface area (Å²) >= 11 is 0. The van der Waals surface area contributed by atoms with Crippen molar-refractivity contribution in [2.24, 2.45) is 5.92 Å². The SMILES string of the molecule is C[C@H]1CCCN(C(=O)COC(=O)c2ccc3c(c2)C[C@@H](C)N3S(C)(=O)=O)C1. The maximum atomic E-state index is 12.3. The maximum absolute atomic E-state index is 12.3. The van der Waals surface area contributed by atoms with Gasteiger partial charge in [0, 0.05) is 19.1 Å². The first-order valence-electron chi connectivity index (χ1n) is 9.24. The number of piperidine rings is 1. The summed E-state index contributed by atoms with van der Waals surface area (Å²) in [5.74, 6) is -0.274. The monoisotopic (exact) mass is 394 g/mol. The highest BCUT2D eigenvalue weighted by Gasteiger charge is 2.33. The third-order valence-corrected chi connectivity index (χ3v) is 6.43. The van der Waals surface area contributed by atoms with E-state index in [1.807, 2.05) is 6.92 Å². The smallest absolute Gasteiger partial charge is 0.338 e. The van der Waals surface area contributed by atoms with Gasteiger partial charge < -0.3 is 9.64 Å². The largest absolute Gasteiger partial charge is 0.452 e. The molecule has 2 atom stereocenters. The van der Waals surface area contributed by atoms with E-state index in [-0.39, 0.29) is 18.6 Å². The number of carbonyl (C=O) groups is 2. The lowest BCUT2D eigenvalue weighted by molar-refractivity contribution is -0.136. The van der Waals surface area contributed by atoms with Crippen LogP contribution in [0.25, 0.3) is 0 Å². The molecule has 0 bridgehead atoms. The van der Waals surface area contributed by atoms with Gasteiger partial charge in [0.15, 0.2) is 6.61 Å². The topological polar surface area (TPSA) is 84.0 Å². The number of nitrogens with zero attached hydrogens (tertiary/aromatic N) is 2. The van der Waals surface area contributed by atoms with Gasteiger partial charge in [-0.2, -0.15) is 0 Å². The first-order valence-corrected chi connectivity index (χ1v) is 11.1. The number of carbonyl (C=O) groups excluding carboxylic acids is 2. The van der Waals surface area contributed by atoms with Crippen molar-refractivity contribution in [1.82, 2.24) is 4.90 Å². The molecule has 0 N–H and O–H groups in total. The number of rotatable bonds is 4. The molecule has 2 aliphatic rings. The Bertz CT molecular complexity index is 852. The van der Waals surface area contributed by atoms with Gasteiger partial charge in [-0.3, -0.25) is 9.10 Å². The van der Waals surface area contributed by atoms with Gasteiger partial charge in [-0.05, 0) is 55.9 Å². The van der Waals surface area contributed by atoms with Gasteiger partial charge in [-0.1, -0.05) is 6.92 Å². The highest BCUT2D eigenvalue weighted by molar-refractivity contribution is 7.92. The minimum Gasteiger partial charge on any atom is -0.452 e. The molecule has 1 aromatic rings. The lowest BCUT2D eigenvalue weighted by atomic mass is 10.0. The van der Waals surface area contributed by atoms with E-state index in [1.54, 1.807) is 23.1 Å². The predicted molar refractivity (Wildman–Crippen MR) is 102 cm³/mol. The van der Waals surface area contributed by atoms with Crippen molar-refractivity contribution < 1.29 is 22.7 Å². The molecule has 148 valence electrons. The van der Waals surface area contributed by atoms with E-state index >= 15 is 0 Å². The summed E-state index contributed by atoms with van der Waals surface area (Å²) in [6.07, 6.45) is 3.80. The molecule has 8 heteroatoms. The Morgan fingerprint density at radius 2 is 2.00 bits per heavy atom. The summed E-state index contributed by atoms with van der Waals surface area (Å²) < 4.78 is 30.5. The molecular formula is C19H26N2O5S. The fourth-order valence-electron chi connectivity index (χ4n) is 3.95. The van der Waals surface area contributed by atoms with Gasteiger partial charge in [-0.15, -0.1) is 0 Å². The fraction of sp³-hybridized carbons (Fsp3) is 0.579. The van der Waals surface area contributed by atoms with Crippen LogP contribution in [0.5, 0.6) is 0 Å². The second kappa shape index (κ2) is 7.50. The lowest BCUT2D eigenvalue weighted by Crippen LogP contribution is -2.41. The summed E-state index contributed by atoms with van der Waals surface area (Å²) in [6, 6.07) is 4.64. The molecule has 0 saturated carbocycles. The Labute approximate surface area is 160 Å². The molecule has 7 nitrogen and oxygen atoms in total. The van der Waals surface area contributed by atoms with E-state index < -0.39 is 16.0 Å². The third kappa shape index (κ3) is 4.26. The number of benzene rings is 1. The molecule has 1 saturated heterocycles. The van der Waals surface area contributed by atoms with Crippen molar-refractivity contribution in [2.75, 3.05) is 30.3 Å². The second-order valence-corrected chi connectivity index (χ2v) is 9.48. The van der Waals surface area contributed by atoms with Gasteiger partial charge in [0.05, 0.1) is 17.5 Å². The average molecular weight is 394 g/mol. The fourth-order valence-corrected chi connectivity index (χ4v) is 5.22. The number of ether oxygens (including phenoxy) is 1. The number of likely N-dealkylation sites (tertiary alicyclic amines) is 1. The molecule has 1 fully saturated rings. The second-order valence-electron chi connectivity index (χ2n) is 7.62. The summed E-state index contributed by atoms with van der Waals surface area (Å²) in [5.41, 5.74) is 1.72. The third-order valence-electron chi connectivity index (χ3n) is 5.16. The van der Waals surface area contributed by atoms with Crippen LogP contribution in [0.1, 0.15) is 42.6 Å². The Kier molecular flexibility index (Phi) is 5.46. The van der Waals surface area contributed by atoms with Crippen LogP contribution >= 0.6 is 0 Å². The van der Waals surface area contributed by atoms with E-state index in [9.17, 15) is 18.0 Å². The van der Waals surface area contributed by atoms with Crippen LogP contribution in [0, 0.1) is 5.92 Å². The molecule has 1 aromatic carbocycles. The number of anilines is 1. The summed E-state index contributed by atoms with van der Waals surface area (Å²) in [6.45, 7) is 5.08. The van der Waals surface area contributed by atoms with E-state index in [1.165, 1.54) is 10.6 Å². The Balaban J connectivity index is 1.65. The molecule has 0 spiro atoms. The van der Waals surface area contributed by atoms with Gasteiger partial charge >= 0.3 is 5.97 Å².